The van der Waals surface area contributed by atoms with E-state index in [4.69, 9.17) is 9.47 Å². The fourth-order valence-corrected chi connectivity index (χ4v) is 6.36. The van der Waals surface area contributed by atoms with Crippen molar-refractivity contribution >= 4 is 47.5 Å². The van der Waals surface area contributed by atoms with E-state index in [1.165, 1.54) is 19.2 Å². The number of hydrogen-bond acceptors (Lipinski definition) is 5. The molecule has 14 heteroatoms. The number of hydrogen-bond donors (Lipinski definition) is 2. The van der Waals surface area contributed by atoms with Gasteiger partial charge < -0.3 is 14.8 Å². The number of nitrogens with zero attached hydrogens (tertiary/aromatic N) is 3. The number of amides is 1. The second kappa shape index (κ2) is 12.2. The number of rotatable bonds is 10. The number of fused-ring (bicyclic) bond motifs is 2. The molecular formula is C29H31F3N4O5SSi. The Morgan fingerprint density at radius 2 is 1.88 bits per heavy atom. The third-order valence-corrected chi connectivity index (χ3v) is 9.60. The topological polar surface area (TPSA) is 106 Å². The van der Waals surface area contributed by atoms with Crippen LogP contribution in [0.1, 0.15) is 21.6 Å². The zero-order valence-corrected chi connectivity index (χ0v) is 25.9. The van der Waals surface area contributed by atoms with Crippen molar-refractivity contribution < 1.29 is 36.2 Å². The Labute approximate surface area is 250 Å². The van der Waals surface area contributed by atoms with Gasteiger partial charge in [0, 0.05) is 38.2 Å². The molecule has 1 aromatic heterocycles. The lowest BCUT2D eigenvalue weighted by Gasteiger charge is -2.24. The van der Waals surface area contributed by atoms with Gasteiger partial charge in [0.15, 0.2) is 17.3 Å². The van der Waals surface area contributed by atoms with Gasteiger partial charge >= 0.3 is 0 Å². The molecule has 9 nitrogen and oxygen atoms in total. The molecule has 43 heavy (non-hydrogen) atoms. The number of halogens is 3. The lowest BCUT2D eigenvalue weighted by Crippen LogP contribution is -2.22. The second-order valence-corrected chi connectivity index (χ2v) is 17.7. The zero-order valence-electron chi connectivity index (χ0n) is 24.0. The predicted octanol–water partition coefficient (Wildman–Crippen LogP) is 6.10. The van der Waals surface area contributed by atoms with Crippen LogP contribution in [0, 0.1) is 17.5 Å². The van der Waals surface area contributed by atoms with Gasteiger partial charge in [-0.3, -0.25) is 9.35 Å². The number of benzene rings is 3. The molecule has 3 aromatic carbocycles. The van der Waals surface area contributed by atoms with E-state index in [0.29, 0.717) is 12.2 Å². The van der Waals surface area contributed by atoms with E-state index >= 15 is 13.2 Å². The average molecular weight is 633 g/mol. The molecule has 1 amide bonds. The minimum Gasteiger partial charge on any atom is -0.372 e. The van der Waals surface area contributed by atoms with Crippen LogP contribution in [-0.4, -0.2) is 46.2 Å². The van der Waals surface area contributed by atoms with Crippen molar-refractivity contribution in [2.45, 2.75) is 45.6 Å². The maximum Gasteiger partial charge on any atom is 0.272 e. The first-order valence-corrected chi connectivity index (χ1v) is 18.3. The maximum absolute atomic E-state index is 16.3. The van der Waals surface area contributed by atoms with Crippen LogP contribution >= 0.6 is 0 Å². The summed E-state index contributed by atoms with van der Waals surface area (Å²) in [5.74, 6) is -3.94. The normalized spacial score (nSPS) is 13.8. The third-order valence-electron chi connectivity index (χ3n) is 7.19. The van der Waals surface area contributed by atoms with E-state index < -0.39 is 59.5 Å². The molecule has 1 aliphatic rings. The summed E-state index contributed by atoms with van der Waals surface area (Å²) in [6.45, 7) is 7.16. The highest BCUT2D eigenvalue weighted by molar-refractivity contribution is 7.81. The van der Waals surface area contributed by atoms with Gasteiger partial charge in [-0.1, -0.05) is 37.8 Å². The van der Waals surface area contributed by atoms with Gasteiger partial charge in [-0.2, -0.15) is 5.10 Å². The van der Waals surface area contributed by atoms with Gasteiger partial charge in [-0.05, 0) is 35.9 Å². The maximum atomic E-state index is 16.3. The fourth-order valence-electron chi connectivity index (χ4n) is 4.95. The first kappa shape index (κ1) is 30.9. The highest BCUT2D eigenvalue weighted by Gasteiger charge is 2.30. The van der Waals surface area contributed by atoms with E-state index in [-0.39, 0.29) is 42.2 Å². The molecule has 2 heterocycles. The first-order chi connectivity index (χ1) is 20.4. The van der Waals surface area contributed by atoms with Crippen LogP contribution in [0.25, 0.3) is 22.0 Å². The number of carbonyl (C=O) groups is 1. The van der Waals surface area contributed by atoms with Gasteiger partial charge in [-0.25, -0.2) is 26.4 Å². The quantitative estimate of drug-likeness (QED) is 0.124. The van der Waals surface area contributed by atoms with Gasteiger partial charge in [0.1, 0.15) is 18.1 Å². The molecule has 1 unspecified atom stereocenters. The van der Waals surface area contributed by atoms with Crippen LogP contribution in [0.5, 0.6) is 0 Å². The number of aromatic nitrogens is 2. The molecule has 0 aliphatic carbocycles. The van der Waals surface area contributed by atoms with E-state index in [0.717, 1.165) is 38.8 Å². The predicted molar refractivity (Wildman–Crippen MR) is 160 cm³/mol. The van der Waals surface area contributed by atoms with Gasteiger partial charge in [0.05, 0.1) is 30.2 Å². The third kappa shape index (κ3) is 5.97. The summed E-state index contributed by atoms with van der Waals surface area (Å²) in [5, 5.41) is 6.84. The van der Waals surface area contributed by atoms with Crippen molar-refractivity contribution in [3.63, 3.8) is 0 Å². The smallest absolute Gasteiger partial charge is 0.272 e. The van der Waals surface area contributed by atoms with Crippen LogP contribution in [0.15, 0.2) is 42.5 Å². The SMILES string of the molecule is CNC(=O)c1nn(COCC[Si](C)(C)C)c2c(F)c(-c3c(F)ccc(N(c4cccc5c4COC5)S(=O)O)c3F)ccc12. The Bertz CT molecular complexity index is 1740. The first-order valence-electron chi connectivity index (χ1n) is 13.5. The summed E-state index contributed by atoms with van der Waals surface area (Å²) < 4.78 is 83.9. The standard InChI is InChI=1S/C29H31F3N4O5SSi/c1-33-29(37)27-19-9-8-18(25(31)28(19)35(34-27)16-40-12-13-43(2,3)4)24-21(30)10-11-23(26(24)32)36(42(38)39)22-7-5-6-17-14-41-15-20(17)22/h5-11H,12-16H2,1-4H3,(H,33,37)(H,38,39). The average Bonchev–Trinajstić information content (AvgIpc) is 3.58. The molecule has 1 atom stereocenters. The Kier molecular flexibility index (Phi) is 8.76. The minimum absolute atomic E-state index is 0.0755. The lowest BCUT2D eigenvalue weighted by atomic mass is 10.00. The Morgan fingerprint density at radius 1 is 1.12 bits per heavy atom. The summed E-state index contributed by atoms with van der Waals surface area (Å²) in [6.07, 6.45) is 0. The fraction of sp³-hybridized carbons (Fsp3) is 0.310. The van der Waals surface area contributed by atoms with Crippen molar-refractivity contribution in [3.8, 4) is 11.1 Å². The largest absolute Gasteiger partial charge is 0.372 e. The van der Waals surface area contributed by atoms with E-state index in [2.05, 4.69) is 30.1 Å². The Morgan fingerprint density at radius 3 is 2.58 bits per heavy atom. The van der Waals surface area contributed by atoms with Crippen LogP contribution in [0.3, 0.4) is 0 Å². The molecule has 228 valence electrons. The minimum atomic E-state index is -2.78. The number of ether oxygens (including phenoxy) is 2. The van der Waals surface area contributed by atoms with E-state index in [1.807, 2.05) is 0 Å². The van der Waals surface area contributed by atoms with Gasteiger partial charge in [-0.15, -0.1) is 0 Å². The van der Waals surface area contributed by atoms with Crippen molar-refractivity contribution in [2.24, 2.45) is 0 Å². The molecule has 5 rings (SSSR count). The van der Waals surface area contributed by atoms with Crippen molar-refractivity contribution in [1.29, 1.82) is 0 Å². The molecule has 2 N–H and O–H groups in total. The summed E-state index contributed by atoms with van der Waals surface area (Å²) in [4.78, 5) is 12.5. The summed E-state index contributed by atoms with van der Waals surface area (Å²) in [5.41, 5.74) is -0.339. The molecule has 0 saturated carbocycles. The number of anilines is 2. The molecule has 0 radical (unpaired) electrons. The molecular weight excluding hydrogens is 601 g/mol. The monoisotopic (exact) mass is 632 g/mol. The summed E-state index contributed by atoms with van der Waals surface area (Å²) in [7, 11) is -0.0177. The van der Waals surface area contributed by atoms with Crippen LogP contribution < -0.4 is 9.62 Å². The highest BCUT2D eigenvalue weighted by Crippen LogP contribution is 2.41. The highest BCUT2D eigenvalue weighted by atomic mass is 32.2. The zero-order chi connectivity index (χ0) is 31.1. The van der Waals surface area contributed by atoms with Crippen LogP contribution in [0.2, 0.25) is 25.7 Å². The van der Waals surface area contributed by atoms with Crippen molar-refractivity contribution in [2.75, 3.05) is 18.0 Å². The van der Waals surface area contributed by atoms with Crippen molar-refractivity contribution in [1.82, 2.24) is 15.1 Å². The molecule has 0 fully saturated rings. The molecule has 0 spiro atoms. The van der Waals surface area contributed by atoms with Gasteiger partial charge in [0.2, 0.25) is 0 Å². The van der Waals surface area contributed by atoms with Crippen molar-refractivity contribution in [3.05, 3.63) is 76.7 Å². The van der Waals surface area contributed by atoms with E-state index in [1.54, 1.807) is 12.1 Å². The molecule has 1 aliphatic heterocycles. The molecule has 4 aromatic rings. The van der Waals surface area contributed by atoms with E-state index in [9.17, 15) is 13.6 Å². The Hall–Kier alpha value is -3.56. The lowest BCUT2D eigenvalue weighted by molar-refractivity contribution is 0.0802. The number of carbonyl (C=O) groups excluding carboxylic acids is 1. The molecule has 0 bridgehead atoms. The summed E-state index contributed by atoms with van der Waals surface area (Å²) >= 11 is -2.78. The van der Waals surface area contributed by atoms with Crippen LogP contribution in [-0.2, 0) is 40.7 Å². The molecule has 0 saturated heterocycles. The number of nitrogens with one attached hydrogen (secondary N) is 1. The van der Waals surface area contributed by atoms with Gasteiger partial charge in [0.25, 0.3) is 17.2 Å². The second-order valence-electron chi connectivity index (χ2n) is 11.3. The van der Waals surface area contributed by atoms with Crippen LogP contribution in [0.4, 0.5) is 24.5 Å². The summed E-state index contributed by atoms with van der Waals surface area (Å²) in [6, 6.07) is 10.2. The Balaban J connectivity index is 1.64.